The maximum Gasteiger partial charge on any atom is 0.178 e. The average Bonchev–Trinajstić information content (AvgIpc) is 2.87. The fraction of sp³-hybridized carbons (Fsp3) is 0.786. The molecule has 0 bridgehead atoms. The van der Waals surface area contributed by atoms with Crippen molar-refractivity contribution in [3.05, 3.63) is 11.9 Å². The van der Waals surface area contributed by atoms with E-state index in [9.17, 15) is 0 Å². The summed E-state index contributed by atoms with van der Waals surface area (Å²) >= 11 is 0. The maximum atomic E-state index is 5.74. The Kier molecular flexibility index (Phi) is 7.58. The Morgan fingerprint density at radius 2 is 1.85 bits per heavy atom. The highest BCUT2D eigenvalue weighted by Gasteiger charge is 2.29. The monoisotopic (exact) mass is 285 g/mol. The first-order valence-electron chi connectivity index (χ1n) is 7.29. The molecule has 1 heterocycles. The second-order valence-electron chi connectivity index (χ2n) is 4.23. The van der Waals surface area contributed by atoms with E-state index in [2.05, 4.69) is 24.3 Å². The van der Waals surface area contributed by atoms with Gasteiger partial charge in [0.2, 0.25) is 0 Å². The summed E-state index contributed by atoms with van der Waals surface area (Å²) in [6.07, 6.45) is 1.37. The molecule has 1 unspecified atom stereocenters. The fourth-order valence-electron chi connectivity index (χ4n) is 2.21. The van der Waals surface area contributed by atoms with Crippen molar-refractivity contribution in [3.8, 4) is 5.75 Å². The van der Waals surface area contributed by atoms with Gasteiger partial charge >= 0.3 is 0 Å². The van der Waals surface area contributed by atoms with E-state index >= 15 is 0 Å². The number of likely N-dealkylation sites (N-methyl/N-ethyl adjacent to an activating group) is 1. The molecule has 6 heteroatoms. The first kappa shape index (κ1) is 16.9. The summed E-state index contributed by atoms with van der Waals surface area (Å²) in [7, 11) is 1.65. The highest BCUT2D eigenvalue weighted by atomic mass is 16.7. The molecule has 0 saturated carbocycles. The Balaban J connectivity index is 3.12. The van der Waals surface area contributed by atoms with Crippen LogP contribution in [0.5, 0.6) is 5.75 Å². The molecule has 0 radical (unpaired) electrons. The lowest BCUT2D eigenvalue weighted by Crippen LogP contribution is -2.37. The number of rotatable bonds is 10. The van der Waals surface area contributed by atoms with E-state index in [4.69, 9.17) is 14.2 Å². The first-order chi connectivity index (χ1) is 9.73. The van der Waals surface area contributed by atoms with Crippen LogP contribution >= 0.6 is 0 Å². The van der Waals surface area contributed by atoms with E-state index in [1.54, 1.807) is 13.3 Å². The summed E-state index contributed by atoms with van der Waals surface area (Å²) < 4.78 is 18.8. The molecule has 1 N–H and O–H groups in total. The van der Waals surface area contributed by atoms with Crippen molar-refractivity contribution in [1.29, 1.82) is 0 Å². The summed E-state index contributed by atoms with van der Waals surface area (Å²) in [4.78, 5) is 0. The minimum absolute atomic E-state index is 0.114. The van der Waals surface area contributed by atoms with Crippen LogP contribution in [0.4, 0.5) is 0 Å². The van der Waals surface area contributed by atoms with Crippen LogP contribution in [0.25, 0.3) is 0 Å². The Bertz CT molecular complexity index is 354. The van der Waals surface area contributed by atoms with E-state index in [0.29, 0.717) is 13.2 Å². The number of aromatic nitrogens is 2. The van der Waals surface area contributed by atoms with E-state index in [1.165, 1.54) is 0 Å². The van der Waals surface area contributed by atoms with Gasteiger partial charge in [-0.25, -0.2) is 0 Å². The van der Waals surface area contributed by atoms with Crippen molar-refractivity contribution >= 4 is 0 Å². The highest BCUT2D eigenvalue weighted by molar-refractivity contribution is 5.29. The van der Waals surface area contributed by atoms with Crippen LogP contribution in [0.15, 0.2) is 6.20 Å². The lowest BCUT2D eigenvalue weighted by atomic mass is 10.1. The number of aryl methyl sites for hydroxylation is 1. The Morgan fingerprint density at radius 3 is 2.30 bits per heavy atom. The fourth-order valence-corrected chi connectivity index (χ4v) is 2.21. The van der Waals surface area contributed by atoms with E-state index in [1.807, 2.05) is 18.5 Å². The second kappa shape index (κ2) is 8.94. The standard InChI is InChI=1S/C14H27N3O3/c1-6-15-12(14(19-8-3)20-9-4)13-11(18-5)10-16-17(13)7-2/h10,12,14-15H,6-9H2,1-5H3. The Morgan fingerprint density at radius 1 is 1.20 bits per heavy atom. The molecule has 6 nitrogen and oxygen atoms in total. The van der Waals surface area contributed by atoms with Crippen LogP contribution < -0.4 is 10.1 Å². The van der Waals surface area contributed by atoms with Gasteiger partial charge in [-0.15, -0.1) is 0 Å². The van der Waals surface area contributed by atoms with Crippen LogP contribution in [0, 0.1) is 0 Å². The molecule has 1 aromatic rings. The molecule has 0 fully saturated rings. The third-order valence-corrected chi connectivity index (χ3v) is 3.02. The van der Waals surface area contributed by atoms with Crippen molar-refractivity contribution in [1.82, 2.24) is 15.1 Å². The second-order valence-corrected chi connectivity index (χ2v) is 4.23. The normalized spacial score (nSPS) is 12.9. The van der Waals surface area contributed by atoms with Crippen LogP contribution in [-0.4, -0.2) is 42.9 Å². The van der Waals surface area contributed by atoms with Crippen LogP contribution in [-0.2, 0) is 16.0 Å². The van der Waals surface area contributed by atoms with Gasteiger partial charge in [0.25, 0.3) is 0 Å². The number of nitrogens with zero attached hydrogens (tertiary/aromatic N) is 2. The van der Waals surface area contributed by atoms with Gasteiger partial charge in [0.15, 0.2) is 12.0 Å². The molecule has 0 aromatic carbocycles. The van der Waals surface area contributed by atoms with Crippen LogP contribution in [0.3, 0.4) is 0 Å². The zero-order valence-electron chi connectivity index (χ0n) is 13.2. The SMILES string of the molecule is CCNC(c1c(OC)cnn1CC)C(OCC)OCC. The highest BCUT2D eigenvalue weighted by Crippen LogP contribution is 2.29. The maximum absolute atomic E-state index is 5.74. The average molecular weight is 285 g/mol. The number of hydrogen-bond acceptors (Lipinski definition) is 5. The molecule has 0 spiro atoms. The molecule has 1 rings (SSSR count). The van der Waals surface area contributed by atoms with Gasteiger partial charge in [-0.05, 0) is 27.3 Å². The molecule has 0 aliphatic carbocycles. The number of nitrogens with one attached hydrogen (secondary N) is 1. The van der Waals surface area contributed by atoms with Gasteiger partial charge < -0.3 is 19.5 Å². The van der Waals surface area contributed by atoms with E-state index < -0.39 is 0 Å². The van der Waals surface area contributed by atoms with Gasteiger partial charge in [-0.2, -0.15) is 5.10 Å². The van der Waals surface area contributed by atoms with Gasteiger partial charge in [-0.1, -0.05) is 6.92 Å². The Hall–Kier alpha value is -1.11. The number of hydrogen-bond donors (Lipinski definition) is 1. The summed E-state index contributed by atoms with van der Waals surface area (Å²) in [5, 5.41) is 7.77. The Labute approximate surface area is 121 Å². The van der Waals surface area contributed by atoms with Crippen molar-refractivity contribution in [2.75, 3.05) is 26.9 Å². The van der Waals surface area contributed by atoms with Crippen molar-refractivity contribution < 1.29 is 14.2 Å². The summed E-state index contributed by atoms with van der Waals surface area (Å²) in [5.74, 6) is 0.752. The van der Waals surface area contributed by atoms with Crippen molar-refractivity contribution in [3.63, 3.8) is 0 Å². The predicted molar refractivity (Wildman–Crippen MR) is 77.9 cm³/mol. The van der Waals surface area contributed by atoms with Crippen LogP contribution in [0.1, 0.15) is 39.4 Å². The van der Waals surface area contributed by atoms with Crippen molar-refractivity contribution in [2.24, 2.45) is 0 Å². The lowest BCUT2D eigenvalue weighted by Gasteiger charge is -2.28. The molecule has 1 atom stereocenters. The molecule has 1 aromatic heterocycles. The predicted octanol–water partition coefficient (Wildman–Crippen LogP) is 1.96. The largest absolute Gasteiger partial charge is 0.493 e. The van der Waals surface area contributed by atoms with Crippen molar-refractivity contribution in [2.45, 2.75) is 46.6 Å². The third-order valence-electron chi connectivity index (χ3n) is 3.02. The molecule has 0 saturated heterocycles. The summed E-state index contributed by atoms with van der Waals surface area (Å²) in [5.41, 5.74) is 0.962. The molecule has 0 amide bonds. The summed E-state index contributed by atoms with van der Waals surface area (Å²) in [6.45, 7) is 10.8. The summed E-state index contributed by atoms with van der Waals surface area (Å²) in [6, 6.07) is -0.114. The van der Waals surface area contributed by atoms with Crippen LogP contribution in [0.2, 0.25) is 0 Å². The molecule has 0 aliphatic rings. The van der Waals surface area contributed by atoms with Gasteiger partial charge in [0.1, 0.15) is 11.7 Å². The number of ether oxygens (including phenoxy) is 3. The molecular weight excluding hydrogens is 258 g/mol. The third kappa shape index (κ3) is 3.94. The van der Waals surface area contributed by atoms with Gasteiger partial charge in [0.05, 0.1) is 13.3 Å². The minimum Gasteiger partial charge on any atom is -0.493 e. The van der Waals surface area contributed by atoms with E-state index in [0.717, 1.165) is 24.5 Å². The topological polar surface area (TPSA) is 57.5 Å². The smallest absolute Gasteiger partial charge is 0.178 e. The molecular formula is C14H27N3O3. The minimum atomic E-state index is -0.360. The quantitative estimate of drug-likeness (QED) is 0.666. The molecule has 116 valence electrons. The van der Waals surface area contributed by atoms with E-state index in [-0.39, 0.29) is 12.3 Å². The number of methoxy groups -OCH3 is 1. The first-order valence-corrected chi connectivity index (χ1v) is 7.29. The lowest BCUT2D eigenvalue weighted by molar-refractivity contribution is -0.156. The van der Waals surface area contributed by atoms with Gasteiger partial charge in [-0.3, -0.25) is 4.68 Å². The molecule has 0 aliphatic heterocycles. The zero-order chi connectivity index (χ0) is 15.0. The molecule has 20 heavy (non-hydrogen) atoms. The zero-order valence-corrected chi connectivity index (χ0v) is 13.2. The van der Waals surface area contributed by atoms with Gasteiger partial charge in [0, 0.05) is 19.8 Å².